The van der Waals surface area contributed by atoms with Gasteiger partial charge in [-0.3, -0.25) is 4.79 Å². The van der Waals surface area contributed by atoms with E-state index in [1.807, 2.05) is 30.3 Å². The second kappa shape index (κ2) is 7.24. The van der Waals surface area contributed by atoms with E-state index in [1.165, 1.54) is 0 Å². The molecule has 2 aromatic rings. The van der Waals surface area contributed by atoms with Gasteiger partial charge in [0.05, 0.1) is 5.54 Å². The Morgan fingerprint density at radius 2 is 2.00 bits per heavy atom. The van der Waals surface area contributed by atoms with Crippen LogP contribution in [0.15, 0.2) is 42.5 Å². The van der Waals surface area contributed by atoms with Gasteiger partial charge in [-0.05, 0) is 37.1 Å². The number of pyridine rings is 1. The lowest BCUT2D eigenvalue weighted by atomic mass is 9.95. The van der Waals surface area contributed by atoms with Gasteiger partial charge < -0.3 is 10.1 Å². The molecular formula is C17H17ClN2O3. The number of amides is 1. The fourth-order valence-electron chi connectivity index (χ4n) is 2.02. The fraction of sp³-hybridized carbons (Fsp3) is 0.235. The molecule has 0 radical (unpaired) electrons. The highest BCUT2D eigenvalue weighted by Crippen LogP contribution is 2.23. The van der Waals surface area contributed by atoms with Gasteiger partial charge in [0.1, 0.15) is 17.5 Å². The van der Waals surface area contributed by atoms with Crippen LogP contribution in [0.2, 0.25) is 5.15 Å². The molecule has 0 aliphatic rings. The molecule has 120 valence electrons. The number of rotatable bonds is 5. The maximum Gasteiger partial charge on any atom is 0.408 e. The highest BCUT2D eigenvalue weighted by Gasteiger charge is 2.25. The SMILES string of the molecule is CC(C)(NC(=O)OCc1ccccc1)c1cc(Cl)nc(C=O)c1. The Balaban J connectivity index is 2.03. The van der Waals surface area contributed by atoms with Crippen LogP contribution in [0.25, 0.3) is 0 Å². The van der Waals surface area contributed by atoms with Crippen molar-refractivity contribution in [1.82, 2.24) is 10.3 Å². The Hall–Kier alpha value is -2.40. The number of nitrogens with one attached hydrogen (secondary N) is 1. The Labute approximate surface area is 139 Å². The van der Waals surface area contributed by atoms with E-state index in [0.717, 1.165) is 5.56 Å². The van der Waals surface area contributed by atoms with Gasteiger partial charge in [-0.15, -0.1) is 0 Å². The molecule has 1 aromatic heterocycles. The number of benzene rings is 1. The molecule has 1 N–H and O–H groups in total. The Bertz CT molecular complexity index is 702. The van der Waals surface area contributed by atoms with Crippen LogP contribution in [0.5, 0.6) is 0 Å². The van der Waals surface area contributed by atoms with Crippen molar-refractivity contribution in [1.29, 1.82) is 0 Å². The number of aromatic nitrogens is 1. The number of carbonyl (C=O) groups is 2. The number of hydrogen-bond acceptors (Lipinski definition) is 4. The minimum atomic E-state index is -0.766. The smallest absolute Gasteiger partial charge is 0.408 e. The van der Waals surface area contributed by atoms with Crippen LogP contribution in [0, 0.1) is 0 Å². The van der Waals surface area contributed by atoms with Crippen molar-refractivity contribution in [3.8, 4) is 0 Å². The van der Waals surface area contributed by atoms with Gasteiger partial charge in [0, 0.05) is 0 Å². The fourth-order valence-corrected chi connectivity index (χ4v) is 2.24. The zero-order chi connectivity index (χ0) is 16.9. The van der Waals surface area contributed by atoms with Crippen LogP contribution >= 0.6 is 11.6 Å². The Kier molecular flexibility index (Phi) is 5.34. The molecule has 2 rings (SSSR count). The third kappa shape index (κ3) is 4.79. The predicted octanol–water partition coefficient (Wildman–Crippen LogP) is 3.71. The van der Waals surface area contributed by atoms with Crippen molar-refractivity contribution < 1.29 is 14.3 Å². The second-order valence-corrected chi connectivity index (χ2v) is 5.92. The molecule has 0 spiro atoms. The van der Waals surface area contributed by atoms with E-state index >= 15 is 0 Å². The summed E-state index contributed by atoms with van der Waals surface area (Å²) in [5, 5.41) is 2.95. The number of alkyl carbamates (subject to hydrolysis) is 1. The lowest BCUT2D eigenvalue weighted by Crippen LogP contribution is -2.41. The van der Waals surface area contributed by atoms with Gasteiger partial charge in [-0.1, -0.05) is 41.9 Å². The molecule has 0 fully saturated rings. The van der Waals surface area contributed by atoms with Gasteiger partial charge in [0.15, 0.2) is 6.29 Å². The van der Waals surface area contributed by atoms with Crippen molar-refractivity contribution in [3.05, 3.63) is 64.4 Å². The van der Waals surface area contributed by atoms with E-state index in [-0.39, 0.29) is 17.5 Å². The highest BCUT2D eigenvalue weighted by molar-refractivity contribution is 6.29. The van der Waals surface area contributed by atoms with Crippen molar-refractivity contribution in [3.63, 3.8) is 0 Å². The number of hydrogen-bond donors (Lipinski definition) is 1. The summed E-state index contributed by atoms with van der Waals surface area (Å²) < 4.78 is 5.20. The molecule has 23 heavy (non-hydrogen) atoms. The molecule has 0 saturated heterocycles. The summed E-state index contributed by atoms with van der Waals surface area (Å²) in [6, 6.07) is 12.6. The lowest BCUT2D eigenvalue weighted by molar-refractivity contribution is 0.111. The van der Waals surface area contributed by atoms with Crippen LogP contribution < -0.4 is 5.32 Å². The summed E-state index contributed by atoms with van der Waals surface area (Å²) in [5.41, 5.74) is 1.00. The molecule has 0 saturated carbocycles. The molecule has 0 aliphatic carbocycles. The Morgan fingerprint density at radius 1 is 1.30 bits per heavy atom. The maximum atomic E-state index is 12.0. The molecule has 0 unspecified atom stereocenters. The molecule has 1 heterocycles. The van der Waals surface area contributed by atoms with Crippen molar-refractivity contribution in [2.24, 2.45) is 0 Å². The number of aldehydes is 1. The minimum absolute atomic E-state index is 0.180. The number of ether oxygens (including phenoxy) is 1. The maximum absolute atomic E-state index is 12.0. The van der Waals surface area contributed by atoms with Crippen LogP contribution in [0.3, 0.4) is 0 Å². The van der Waals surface area contributed by atoms with E-state index in [2.05, 4.69) is 10.3 Å². The second-order valence-electron chi connectivity index (χ2n) is 5.53. The number of halogens is 1. The summed E-state index contributed by atoms with van der Waals surface area (Å²) in [6.45, 7) is 3.76. The normalized spacial score (nSPS) is 10.9. The first kappa shape index (κ1) is 17.0. The standard InChI is InChI=1S/C17H17ClN2O3/c1-17(2,13-8-14(10-21)19-15(18)9-13)20-16(22)23-11-12-6-4-3-5-7-12/h3-10H,11H2,1-2H3,(H,20,22). The molecule has 6 heteroatoms. The monoisotopic (exact) mass is 332 g/mol. The average Bonchev–Trinajstić information content (AvgIpc) is 2.53. The zero-order valence-corrected chi connectivity index (χ0v) is 13.6. The lowest BCUT2D eigenvalue weighted by Gasteiger charge is -2.26. The van der Waals surface area contributed by atoms with E-state index in [0.29, 0.717) is 11.8 Å². The van der Waals surface area contributed by atoms with Gasteiger partial charge >= 0.3 is 6.09 Å². The number of nitrogens with zero attached hydrogens (tertiary/aromatic N) is 1. The van der Waals surface area contributed by atoms with Crippen molar-refractivity contribution in [2.45, 2.75) is 26.0 Å². The van der Waals surface area contributed by atoms with E-state index in [9.17, 15) is 9.59 Å². The van der Waals surface area contributed by atoms with Gasteiger partial charge in [-0.2, -0.15) is 0 Å². The predicted molar refractivity (Wildman–Crippen MR) is 87.4 cm³/mol. The van der Waals surface area contributed by atoms with Crippen LogP contribution in [0.1, 0.15) is 35.5 Å². The third-order valence-electron chi connectivity index (χ3n) is 3.28. The molecule has 1 amide bonds. The summed E-state index contributed by atoms with van der Waals surface area (Å²) in [6.07, 6.45) is 0.0542. The molecule has 1 aromatic carbocycles. The largest absolute Gasteiger partial charge is 0.445 e. The third-order valence-corrected chi connectivity index (χ3v) is 3.48. The molecule has 0 aliphatic heterocycles. The first-order chi connectivity index (χ1) is 10.9. The van der Waals surface area contributed by atoms with Crippen LogP contribution in [-0.4, -0.2) is 17.4 Å². The summed E-state index contributed by atoms with van der Waals surface area (Å²) in [5.74, 6) is 0. The zero-order valence-electron chi connectivity index (χ0n) is 12.9. The first-order valence-electron chi connectivity index (χ1n) is 7.03. The highest BCUT2D eigenvalue weighted by atomic mass is 35.5. The molecule has 5 nitrogen and oxygen atoms in total. The van der Waals surface area contributed by atoms with E-state index < -0.39 is 11.6 Å². The summed E-state index contributed by atoms with van der Waals surface area (Å²) >= 11 is 5.90. The molecule has 0 bridgehead atoms. The van der Waals surface area contributed by atoms with Gasteiger partial charge in [0.2, 0.25) is 0 Å². The van der Waals surface area contributed by atoms with Crippen LogP contribution in [0.4, 0.5) is 4.79 Å². The summed E-state index contributed by atoms with van der Waals surface area (Å²) in [7, 11) is 0. The van der Waals surface area contributed by atoms with Crippen LogP contribution in [-0.2, 0) is 16.9 Å². The molecular weight excluding hydrogens is 316 g/mol. The minimum Gasteiger partial charge on any atom is -0.445 e. The quantitative estimate of drug-likeness (QED) is 0.669. The van der Waals surface area contributed by atoms with E-state index in [4.69, 9.17) is 16.3 Å². The first-order valence-corrected chi connectivity index (χ1v) is 7.40. The Morgan fingerprint density at radius 3 is 2.65 bits per heavy atom. The molecule has 0 atom stereocenters. The van der Waals surface area contributed by atoms with E-state index in [1.54, 1.807) is 26.0 Å². The van der Waals surface area contributed by atoms with Crippen molar-refractivity contribution in [2.75, 3.05) is 0 Å². The summed E-state index contributed by atoms with van der Waals surface area (Å²) in [4.78, 5) is 26.8. The number of carbonyl (C=O) groups excluding carboxylic acids is 2. The topological polar surface area (TPSA) is 68.3 Å². The van der Waals surface area contributed by atoms with Crippen molar-refractivity contribution >= 4 is 24.0 Å². The van der Waals surface area contributed by atoms with Gasteiger partial charge in [-0.25, -0.2) is 9.78 Å². The van der Waals surface area contributed by atoms with Gasteiger partial charge in [0.25, 0.3) is 0 Å². The average molecular weight is 333 g/mol.